The lowest BCUT2D eigenvalue weighted by molar-refractivity contribution is 0.0993. The van der Waals surface area contributed by atoms with Crippen LogP contribution in [0.15, 0.2) is 67.0 Å². The summed E-state index contributed by atoms with van der Waals surface area (Å²) < 4.78 is 18.4. The average molecular weight is 490 g/mol. The number of nitrogens with one attached hydrogen (secondary N) is 1. The van der Waals surface area contributed by atoms with Crippen molar-refractivity contribution in [3.05, 3.63) is 89.6 Å². The number of rotatable bonds is 7. The van der Waals surface area contributed by atoms with Crippen LogP contribution in [-0.4, -0.2) is 60.7 Å². The lowest BCUT2D eigenvalue weighted by atomic mass is 10.0. The number of anilines is 2. The molecule has 0 bridgehead atoms. The summed E-state index contributed by atoms with van der Waals surface area (Å²) in [7, 11) is 3.05. The number of aromatic nitrogens is 2. The fraction of sp³-hybridized carbons (Fsp3) is 0.259. The molecule has 1 N–H and O–H groups in total. The smallest absolute Gasteiger partial charge is 0.409 e. The molecule has 0 atom stereocenters. The molecule has 1 aliphatic rings. The van der Waals surface area contributed by atoms with Gasteiger partial charge >= 0.3 is 6.09 Å². The van der Waals surface area contributed by atoms with E-state index in [1.165, 1.54) is 24.1 Å². The molecule has 8 nitrogen and oxygen atoms in total. The van der Waals surface area contributed by atoms with E-state index in [4.69, 9.17) is 9.72 Å². The number of nitrogens with zero attached hydrogens (tertiary/aromatic N) is 4. The fourth-order valence-electron chi connectivity index (χ4n) is 4.01. The zero-order chi connectivity index (χ0) is 25.5. The number of hydrogen-bond acceptors (Lipinski definition) is 6. The molecular weight excluding hydrogens is 461 g/mol. The Labute approximate surface area is 209 Å². The topological polar surface area (TPSA) is 87.7 Å². The average Bonchev–Trinajstić information content (AvgIpc) is 2.92. The quantitative estimate of drug-likeness (QED) is 0.529. The van der Waals surface area contributed by atoms with E-state index in [1.807, 2.05) is 24.3 Å². The molecule has 0 saturated carbocycles. The van der Waals surface area contributed by atoms with E-state index >= 15 is 0 Å². The Hall–Kier alpha value is -4.27. The molecule has 1 aliphatic heterocycles. The maximum atomic E-state index is 13.6. The third kappa shape index (κ3) is 5.86. The van der Waals surface area contributed by atoms with Crippen LogP contribution in [0.2, 0.25) is 0 Å². The summed E-state index contributed by atoms with van der Waals surface area (Å²) in [6.07, 6.45) is 6.04. The first kappa shape index (κ1) is 24.8. The van der Waals surface area contributed by atoms with E-state index < -0.39 is 0 Å². The van der Waals surface area contributed by atoms with Crippen LogP contribution in [0.4, 0.5) is 20.7 Å². The highest BCUT2D eigenvalue weighted by molar-refractivity contribution is 6.08. The molecule has 186 valence electrons. The summed E-state index contributed by atoms with van der Waals surface area (Å²) in [5.41, 5.74) is 3.64. The first-order chi connectivity index (χ1) is 17.5. The molecule has 1 aromatic carbocycles. The van der Waals surface area contributed by atoms with Crippen LogP contribution in [0.1, 0.15) is 28.0 Å². The van der Waals surface area contributed by atoms with Crippen LogP contribution in [0, 0.1) is 5.82 Å². The number of benzene rings is 1. The Morgan fingerprint density at radius 2 is 2.06 bits per heavy atom. The zero-order valence-electron chi connectivity index (χ0n) is 20.3. The summed E-state index contributed by atoms with van der Waals surface area (Å²) in [6, 6.07) is 13.6. The van der Waals surface area contributed by atoms with Gasteiger partial charge in [-0.25, -0.2) is 14.2 Å². The highest BCUT2D eigenvalue weighted by atomic mass is 19.1. The van der Waals surface area contributed by atoms with Crippen LogP contribution in [0.25, 0.3) is 5.57 Å². The van der Waals surface area contributed by atoms with Crippen molar-refractivity contribution in [1.29, 1.82) is 0 Å². The normalized spacial score (nSPS) is 13.1. The molecule has 9 heteroatoms. The van der Waals surface area contributed by atoms with Crippen molar-refractivity contribution in [2.24, 2.45) is 0 Å². The highest BCUT2D eigenvalue weighted by Crippen LogP contribution is 2.26. The summed E-state index contributed by atoms with van der Waals surface area (Å²) in [5, 5.41) is 3.28. The van der Waals surface area contributed by atoms with Gasteiger partial charge in [0.15, 0.2) is 0 Å². The molecule has 0 unspecified atom stereocenters. The second kappa shape index (κ2) is 11.4. The maximum absolute atomic E-state index is 13.6. The molecule has 3 aromatic rings. The van der Waals surface area contributed by atoms with Crippen molar-refractivity contribution in [3.63, 3.8) is 0 Å². The molecule has 2 aromatic heterocycles. The highest BCUT2D eigenvalue weighted by Gasteiger charge is 2.22. The molecule has 36 heavy (non-hydrogen) atoms. The predicted octanol–water partition coefficient (Wildman–Crippen LogP) is 4.40. The molecule has 3 heterocycles. The van der Waals surface area contributed by atoms with Crippen molar-refractivity contribution < 1.29 is 18.7 Å². The van der Waals surface area contributed by atoms with Crippen molar-refractivity contribution in [2.75, 3.05) is 44.0 Å². The minimum atomic E-state index is -0.364. The molecule has 2 amide bonds. The van der Waals surface area contributed by atoms with E-state index in [-0.39, 0.29) is 17.8 Å². The first-order valence-electron chi connectivity index (χ1n) is 11.7. The monoisotopic (exact) mass is 489 g/mol. The van der Waals surface area contributed by atoms with Crippen LogP contribution in [-0.2, 0) is 11.2 Å². The van der Waals surface area contributed by atoms with E-state index in [1.54, 1.807) is 42.5 Å². The van der Waals surface area contributed by atoms with Gasteiger partial charge < -0.3 is 19.9 Å². The van der Waals surface area contributed by atoms with Gasteiger partial charge in [-0.3, -0.25) is 9.78 Å². The van der Waals surface area contributed by atoms with Crippen LogP contribution in [0.5, 0.6) is 0 Å². The number of methoxy groups -OCH3 is 1. The van der Waals surface area contributed by atoms with Gasteiger partial charge in [0.2, 0.25) is 0 Å². The minimum absolute atomic E-state index is 0.232. The number of pyridine rings is 2. The Bertz CT molecular complexity index is 1270. The number of amides is 2. The van der Waals surface area contributed by atoms with Crippen molar-refractivity contribution in [1.82, 2.24) is 14.9 Å². The van der Waals surface area contributed by atoms with Gasteiger partial charge in [0.1, 0.15) is 11.6 Å². The van der Waals surface area contributed by atoms with Gasteiger partial charge in [-0.05, 0) is 60.4 Å². The second-order valence-electron chi connectivity index (χ2n) is 8.37. The molecular formula is C27H28FN5O3. The van der Waals surface area contributed by atoms with Crippen molar-refractivity contribution in [2.45, 2.75) is 12.8 Å². The predicted molar refractivity (Wildman–Crippen MR) is 136 cm³/mol. The minimum Gasteiger partial charge on any atom is -0.453 e. The van der Waals surface area contributed by atoms with Gasteiger partial charge in [-0.1, -0.05) is 18.2 Å². The second-order valence-corrected chi connectivity index (χ2v) is 8.37. The standard InChI is InChI=1S/C27H28FN5O3/c1-32(22-7-4-13-29-18-22)26(34)23-8-9-24(20-11-15-33(16-12-20)27(35)36-2)31-25(23)30-14-10-19-5-3-6-21(28)17-19/h3-9,11,13,17-18H,10,12,14-16H2,1-2H3,(H,30,31). The summed E-state index contributed by atoms with van der Waals surface area (Å²) in [4.78, 5) is 37.2. The van der Waals surface area contributed by atoms with Crippen molar-refractivity contribution in [3.8, 4) is 0 Å². The largest absolute Gasteiger partial charge is 0.453 e. The fourth-order valence-corrected chi connectivity index (χ4v) is 4.01. The lowest BCUT2D eigenvalue weighted by Crippen LogP contribution is -2.34. The zero-order valence-corrected chi connectivity index (χ0v) is 20.3. The Kier molecular flexibility index (Phi) is 7.89. The van der Waals surface area contributed by atoms with Crippen molar-refractivity contribution >= 4 is 29.1 Å². The molecule has 0 radical (unpaired) electrons. The van der Waals surface area contributed by atoms with E-state index in [9.17, 15) is 14.0 Å². The number of ether oxygens (including phenoxy) is 1. The van der Waals surface area contributed by atoms with Crippen LogP contribution in [0.3, 0.4) is 0 Å². The lowest BCUT2D eigenvalue weighted by Gasteiger charge is -2.25. The number of hydrogen-bond donors (Lipinski definition) is 1. The Morgan fingerprint density at radius 3 is 2.75 bits per heavy atom. The van der Waals surface area contributed by atoms with Gasteiger partial charge in [0, 0.05) is 32.9 Å². The Balaban J connectivity index is 1.58. The van der Waals surface area contributed by atoms with E-state index in [0.717, 1.165) is 16.8 Å². The summed E-state index contributed by atoms with van der Waals surface area (Å²) in [6.45, 7) is 1.41. The van der Waals surface area contributed by atoms with Gasteiger partial charge in [0.25, 0.3) is 5.91 Å². The number of halogens is 1. The first-order valence-corrected chi connectivity index (χ1v) is 11.7. The van der Waals surface area contributed by atoms with Crippen LogP contribution >= 0.6 is 0 Å². The van der Waals surface area contributed by atoms with Gasteiger partial charge in [-0.2, -0.15) is 0 Å². The summed E-state index contributed by atoms with van der Waals surface area (Å²) >= 11 is 0. The SMILES string of the molecule is COC(=O)N1CC=C(c2ccc(C(=O)N(C)c3cccnc3)c(NCCc3cccc(F)c3)n2)CC1. The number of carbonyl (C=O) groups is 2. The van der Waals surface area contributed by atoms with Gasteiger partial charge in [-0.15, -0.1) is 0 Å². The maximum Gasteiger partial charge on any atom is 0.409 e. The molecule has 0 fully saturated rings. The third-order valence-corrected chi connectivity index (χ3v) is 6.03. The van der Waals surface area contributed by atoms with E-state index in [2.05, 4.69) is 10.3 Å². The molecule has 4 rings (SSSR count). The third-order valence-electron chi connectivity index (χ3n) is 6.03. The molecule has 0 spiro atoms. The summed E-state index contributed by atoms with van der Waals surface area (Å²) in [5.74, 6) is -0.0717. The molecule has 0 saturated heterocycles. The Morgan fingerprint density at radius 1 is 1.19 bits per heavy atom. The number of carbonyl (C=O) groups excluding carboxylic acids is 2. The van der Waals surface area contributed by atoms with Crippen LogP contribution < -0.4 is 10.2 Å². The van der Waals surface area contributed by atoms with Gasteiger partial charge in [0.05, 0.1) is 30.3 Å². The molecule has 0 aliphatic carbocycles. The van der Waals surface area contributed by atoms with E-state index in [0.29, 0.717) is 49.5 Å².